The summed E-state index contributed by atoms with van der Waals surface area (Å²) in [6.45, 7) is 3.94. The average Bonchev–Trinajstić information content (AvgIpc) is 3.21. The van der Waals surface area contributed by atoms with Gasteiger partial charge in [0.1, 0.15) is 6.54 Å². The van der Waals surface area contributed by atoms with Crippen LogP contribution in [0.5, 0.6) is 0 Å². The number of carbonyl (C=O) groups excluding carboxylic acids is 2. The molecule has 5 nitrogen and oxygen atoms in total. The van der Waals surface area contributed by atoms with Gasteiger partial charge in [0.05, 0.1) is 6.61 Å². The first kappa shape index (κ1) is 17.7. The minimum absolute atomic E-state index is 0.115. The molecule has 3 aliphatic rings. The zero-order chi connectivity index (χ0) is 16.9. The van der Waals surface area contributed by atoms with Gasteiger partial charge in [-0.3, -0.25) is 9.59 Å². The Morgan fingerprint density at radius 1 is 1.12 bits per heavy atom. The fourth-order valence-corrected chi connectivity index (χ4v) is 4.81. The molecule has 1 saturated heterocycles. The second-order valence-electron chi connectivity index (χ2n) is 7.69. The molecule has 5 heteroatoms. The van der Waals surface area contributed by atoms with Gasteiger partial charge in [-0.25, -0.2) is 0 Å². The maximum atomic E-state index is 12.9. The van der Waals surface area contributed by atoms with Crippen molar-refractivity contribution in [1.82, 2.24) is 4.90 Å². The van der Waals surface area contributed by atoms with Crippen molar-refractivity contribution in [1.29, 1.82) is 0 Å². The topological polar surface area (TPSA) is 55.8 Å². The van der Waals surface area contributed by atoms with Crippen molar-refractivity contribution < 1.29 is 19.1 Å². The Morgan fingerprint density at radius 3 is 2.58 bits per heavy atom. The molecule has 24 heavy (non-hydrogen) atoms. The molecule has 0 aromatic carbocycles. The minimum Gasteiger partial charge on any atom is -0.465 e. The molecule has 0 N–H and O–H groups in total. The van der Waals surface area contributed by atoms with Crippen molar-refractivity contribution in [3.63, 3.8) is 0 Å². The van der Waals surface area contributed by atoms with Gasteiger partial charge >= 0.3 is 5.97 Å². The fourth-order valence-electron chi connectivity index (χ4n) is 4.81. The van der Waals surface area contributed by atoms with Gasteiger partial charge in [-0.1, -0.05) is 12.8 Å². The van der Waals surface area contributed by atoms with E-state index < -0.39 is 0 Å². The monoisotopic (exact) mass is 337 g/mol. The molecule has 1 aliphatic heterocycles. The molecule has 0 spiro atoms. The summed E-state index contributed by atoms with van der Waals surface area (Å²) in [6.07, 6.45) is 8.46. The SMILES string of the molecule is CCOC(=O)CN(C(=O)CC1CCCC1)[C@H]1C[C@H]2CCOC[C@H]2C1. The predicted molar refractivity (Wildman–Crippen MR) is 90.4 cm³/mol. The van der Waals surface area contributed by atoms with Gasteiger partial charge in [0, 0.05) is 25.7 Å². The van der Waals surface area contributed by atoms with E-state index in [-0.39, 0.29) is 24.5 Å². The van der Waals surface area contributed by atoms with Crippen molar-refractivity contribution in [2.24, 2.45) is 17.8 Å². The number of amides is 1. The number of esters is 1. The normalized spacial score (nSPS) is 30.1. The quantitative estimate of drug-likeness (QED) is 0.699. The Bertz CT molecular complexity index is 433. The standard InChI is InChI=1S/C19H31NO4/c1-2-24-19(22)12-20(18(21)9-14-5-3-4-6-14)17-10-15-7-8-23-13-16(15)11-17/h14-17H,2-13H2,1H3/t15-,16-,17+/m1/s1. The molecule has 0 aromatic heterocycles. The number of hydrogen-bond donors (Lipinski definition) is 0. The van der Waals surface area contributed by atoms with E-state index in [4.69, 9.17) is 9.47 Å². The van der Waals surface area contributed by atoms with Gasteiger partial charge in [0.2, 0.25) is 5.91 Å². The van der Waals surface area contributed by atoms with E-state index in [0.717, 1.165) is 45.3 Å². The molecular formula is C19H31NO4. The first-order valence-corrected chi connectivity index (χ1v) is 9.70. The largest absolute Gasteiger partial charge is 0.465 e. The Morgan fingerprint density at radius 2 is 1.88 bits per heavy atom. The molecule has 2 saturated carbocycles. The van der Waals surface area contributed by atoms with E-state index >= 15 is 0 Å². The second kappa shape index (κ2) is 8.32. The highest BCUT2D eigenvalue weighted by Crippen LogP contribution is 2.40. The minimum atomic E-state index is -0.275. The van der Waals surface area contributed by atoms with Gasteiger partial charge in [0.25, 0.3) is 0 Å². The molecule has 0 radical (unpaired) electrons. The Kier molecular flexibility index (Phi) is 6.14. The molecule has 0 unspecified atom stereocenters. The number of nitrogens with zero attached hydrogens (tertiary/aromatic N) is 1. The van der Waals surface area contributed by atoms with E-state index in [1.165, 1.54) is 12.8 Å². The highest BCUT2D eigenvalue weighted by atomic mass is 16.5. The Labute approximate surface area is 145 Å². The summed E-state index contributed by atoms with van der Waals surface area (Å²) in [7, 11) is 0. The molecule has 1 heterocycles. The van der Waals surface area contributed by atoms with Crippen LogP contribution < -0.4 is 0 Å². The lowest BCUT2D eigenvalue weighted by Crippen LogP contribution is -2.43. The van der Waals surface area contributed by atoms with E-state index in [1.54, 1.807) is 0 Å². The van der Waals surface area contributed by atoms with E-state index in [9.17, 15) is 9.59 Å². The molecular weight excluding hydrogens is 306 g/mol. The van der Waals surface area contributed by atoms with Crippen LogP contribution in [0.15, 0.2) is 0 Å². The lowest BCUT2D eigenvalue weighted by atomic mass is 9.92. The van der Waals surface area contributed by atoms with Crippen LogP contribution in [-0.4, -0.2) is 49.2 Å². The number of hydrogen-bond acceptors (Lipinski definition) is 4. The van der Waals surface area contributed by atoms with E-state index in [2.05, 4.69) is 0 Å². The van der Waals surface area contributed by atoms with Gasteiger partial charge in [-0.15, -0.1) is 0 Å². The highest BCUT2D eigenvalue weighted by molar-refractivity contribution is 5.82. The maximum Gasteiger partial charge on any atom is 0.325 e. The molecule has 2 aliphatic carbocycles. The zero-order valence-electron chi connectivity index (χ0n) is 14.9. The number of ether oxygens (including phenoxy) is 2. The molecule has 3 fully saturated rings. The third-order valence-electron chi connectivity index (χ3n) is 6.09. The fraction of sp³-hybridized carbons (Fsp3) is 0.895. The van der Waals surface area contributed by atoms with Gasteiger partial charge in [0.15, 0.2) is 0 Å². The lowest BCUT2D eigenvalue weighted by Gasteiger charge is -2.29. The van der Waals surface area contributed by atoms with Crippen LogP contribution in [0.3, 0.4) is 0 Å². The van der Waals surface area contributed by atoms with Gasteiger partial charge in [-0.2, -0.15) is 0 Å². The summed E-state index contributed by atoms with van der Waals surface area (Å²) in [4.78, 5) is 26.8. The van der Waals surface area contributed by atoms with Crippen LogP contribution in [0.2, 0.25) is 0 Å². The Hall–Kier alpha value is -1.10. The van der Waals surface area contributed by atoms with Crippen molar-refractivity contribution in [3.05, 3.63) is 0 Å². The van der Waals surface area contributed by atoms with Crippen LogP contribution >= 0.6 is 0 Å². The summed E-state index contributed by atoms with van der Waals surface area (Å²) in [5.41, 5.74) is 0. The first-order valence-electron chi connectivity index (χ1n) is 9.70. The first-order chi connectivity index (χ1) is 11.7. The summed E-state index contributed by atoms with van der Waals surface area (Å²) in [5, 5.41) is 0. The smallest absolute Gasteiger partial charge is 0.325 e. The number of fused-ring (bicyclic) bond motifs is 1. The summed E-state index contributed by atoms with van der Waals surface area (Å²) in [6, 6.07) is 0.181. The number of rotatable bonds is 6. The van der Waals surface area contributed by atoms with Gasteiger partial charge in [-0.05, 0) is 56.8 Å². The molecule has 3 rings (SSSR count). The zero-order valence-corrected chi connectivity index (χ0v) is 14.9. The van der Waals surface area contributed by atoms with Gasteiger partial charge < -0.3 is 14.4 Å². The third kappa shape index (κ3) is 4.29. The molecule has 0 aromatic rings. The summed E-state index contributed by atoms with van der Waals surface area (Å²) < 4.78 is 10.7. The second-order valence-corrected chi connectivity index (χ2v) is 7.69. The average molecular weight is 337 g/mol. The third-order valence-corrected chi connectivity index (χ3v) is 6.09. The van der Waals surface area contributed by atoms with Crippen LogP contribution in [0.25, 0.3) is 0 Å². The molecule has 1 amide bonds. The van der Waals surface area contributed by atoms with Crippen molar-refractivity contribution >= 4 is 11.9 Å². The Balaban J connectivity index is 1.64. The van der Waals surface area contributed by atoms with Crippen molar-refractivity contribution in [2.75, 3.05) is 26.4 Å². The van der Waals surface area contributed by atoms with Crippen molar-refractivity contribution in [2.45, 2.75) is 64.3 Å². The van der Waals surface area contributed by atoms with E-state index in [1.807, 2.05) is 11.8 Å². The predicted octanol–water partition coefficient (Wildman–Crippen LogP) is 2.77. The molecule has 136 valence electrons. The van der Waals surface area contributed by atoms with Crippen LogP contribution in [0.4, 0.5) is 0 Å². The summed E-state index contributed by atoms with van der Waals surface area (Å²) in [5.74, 6) is 1.58. The number of carbonyl (C=O) groups is 2. The molecule has 0 bridgehead atoms. The van der Waals surface area contributed by atoms with E-state index in [0.29, 0.717) is 30.8 Å². The van der Waals surface area contributed by atoms with Crippen LogP contribution in [-0.2, 0) is 19.1 Å². The van der Waals surface area contributed by atoms with Crippen LogP contribution in [0, 0.1) is 17.8 Å². The maximum absolute atomic E-state index is 12.9. The van der Waals surface area contributed by atoms with Crippen molar-refractivity contribution in [3.8, 4) is 0 Å². The molecule has 3 atom stereocenters. The lowest BCUT2D eigenvalue weighted by molar-refractivity contribution is -0.150. The highest BCUT2D eigenvalue weighted by Gasteiger charge is 2.41. The summed E-state index contributed by atoms with van der Waals surface area (Å²) >= 11 is 0. The van der Waals surface area contributed by atoms with Crippen LogP contribution in [0.1, 0.15) is 58.3 Å².